The van der Waals surface area contributed by atoms with Crippen LogP contribution in [0.15, 0.2) is 23.3 Å². The lowest BCUT2D eigenvalue weighted by Gasteiger charge is -2.45. The normalized spacial score (nSPS) is 17.2. The van der Waals surface area contributed by atoms with E-state index in [0.29, 0.717) is 49.6 Å². The Morgan fingerprint density at radius 1 is 0.718 bits per heavy atom. The zero-order valence-corrected chi connectivity index (χ0v) is 28.6. The van der Waals surface area contributed by atoms with E-state index in [4.69, 9.17) is 23.7 Å². The number of halogens is 2. The third-order valence-electron chi connectivity index (χ3n) is 7.15. The zero-order chi connectivity index (χ0) is 29.9. The second-order valence-electron chi connectivity index (χ2n) is 10.1. The van der Waals surface area contributed by atoms with Crippen LogP contribution >= 0.6 is 31.9 Å². The summed E-state index contributed by atoms with van der Waals surface area (Å²) in [4.78, 5) is 23.3. The quantitative estimate of drug-likeness (QED) is 0.0497. The molecule has 0 aliphatic carbocycles. The molecule has 0 rings (SSSR count). The van der Waals surface area contributed by atoms with Gasteiger partial charge in [0.05, 0.1) is 13.2 Å². The Morgan fingerprint density at radius 3 is 1.36 bits per heavy atom. The number of esters is 2. The molecule has 0 saturated carbocycles. The first-order valence-electron chi connectivity index (χ1n) is 14.0. The van der Waals surface area contributed by atoms with E-state index < -0.39 is 11.6 Å². The topological polar surface area (TPSA) is 80.3 Å². The Hall–Kier alpha value is -0.740. The predicted molar refractivity (Wildman–Crippen MR) is 164 cm³/mol. The molecule has 0 radical (unpaired) electrons. The Morgan fingerprint density at radius 2 is 1.08 bits per heavy atom. The van der Waals surface area contributed by atoms with Gasteiger partial charge in [-0.2, -0.15) is 0 Å². The molecule has 0 spiro atoms. The van der Waals surface area contributed by atoms with Crippen LogP contribution in [-0.2, 0) is 33.3 Å². The minimum atomic E-state index is -0.882. The lowest BCUT2D eigenvalue weighted by Crippen LogP contribution is -2.52. The molecule has 39 heavy (non-hydrogen) atoms. The lowest BCUT2D eigenvalue weighted by molar-refractivity contribution is -0.364. The van der Waals surface area contributed by atoms with Crippen molar-refractivity contribution in [1.29, 1.82) is 0 Å². The first-order chi connectivity index (χ1) is 18.4. The second-order valence-corrected chi connectivity index (χ2v) is 11.4. The maximum atomic E-state index is 11.6. The molecule has 0 aliphatic heterocycles. The summed E-state index contributed by atoms with van der Waals surface area (Å²) < 4.78 is 28.7. The minimum absolute atomic E-state index is 0.0621. The van der Waals surface area contributed by atoms with Crippen LogP contribution < -0.4 is 0 Å². The van der Waals surface area contributed by atoms with Crippen LogP contribution in [0.5, 0.6) is 0 Å². The summed E-state index contributed by atoms with van der Waals surface area (Å²) in [6.45, 7) is 12.5. The number of allylic oxidation sites excluding steroid dienone is 4. The molecule has 0 aromatic rings. The van der Waals surface area contributed by atoms with Crippen LogP contribution in [0.3, 0.4) is 0 Å². The highest BCUT2D eigenvalue weighted by Crippen LogP contribution is 2.38. The first-order valence-corrected chi connectivity index (χ1v) is 16.2. The lowest BCUT2D eigenvalue weighted by atomic mass is 9.92. The van der Waals surface area contributed by atoms with Crippen LogP contribution in [0.25, 0.3) is 0 Å². The van der Waals surface area contributed by atoms with Gasteiger partial charge in [0.25, 0.3) is 0 Å². The van der Waals surface area contributed by atoms with Gasteiger partial charge in [0.2, 0.25) is 0 Å². The third kappa shape index (κ3) is 15.2. The van der Waals surface area contributed by atoms with Crippen LogP contribution in [0, 0.1) is 11.8 Å². The van der Waals surface area contributed by atoms with Gasteiger partial charge in [0.1, 0.15) is 0 Å². The van der Waals surface area contributed by atoms with E-state index in [1.807, 2.05) is 41.5 Å². The number of hydrogen-bond donors (Lipinski definition) is 0. The molecule has 0 bridgehead atoms. The summed E-state index contributed by atoms with van der Waals surface area (Å²) in [5.41, 5.74) is 2.34. The number of carbonyl (C=O) groups excluding carboxylic acids is 2. The molecule has 7 nitrogen and oxygen atoms in total. The van der Waals surface area contributed by atoms with Gasteiger partial charge in [-0.1, -0.05) is 55.2 Å². The third-order valence-corrected chi connectivity index (χ3v) is 8.71. The fourth-order valence-corrected chi connectivity index (χ4v) is 6.10. The largest absolute Gasteiger partial charge is 0.466 e. The van der Waals surface area contributed by atoms with Crippen molar-refractivity contribution in [2.75, 3.05) is 38.1 Å². The standard InChI is InChI=1S/C30H52Br2O7/c1-9-37-27(33)19-17-23(3)13-11-15-25(21-31)29(5,35-7)39-30(6,36-8)26(22-32)16-12-14-24(4)18-20-28(34)38-10-2/h13-14,25-26H,9-12,15-22H2,1-8H3. The molecular formula is C30H52Br2O7. The molecule has 0 saturated heterocycles. The Bertz CT molecular complexity index is 708. The molecule has 0 amide bonds. The fraction of sp³-hybridized carbons (Fsp3) is 0.800. The second kappa shape index (κ2) is 21.0. The first kappa shape index (κ1) is 38.3. The van der Waals surface area contributed by atoms with Crippen molar-refractivity contribution < 1.29 is 33.3 Å². The van der Waals surface area contributed by atoms with Crippen molar-refractivity contribution >= 4 is 43.8 Å². The Balaban J connectivity index is 5.25. The van der Waals surface area contributed by atoms with Crippen LogP contribution in [0.2, 0.25) is 0 Å². The van der Waals surface area contributed by atoms with Gasteiger partial charge in [-0.25, -0.2) is 0 Å². The molecule has 0 aromatic heterocycles. The van der Waals surface area contributed by atoms with E-state index in [0.717, 1.165) is 25.7 Å². The molecule has 0 aromatic carbocycles. The Labute approximate surface area is 254 Å². The predicted octanol–water partition coefficient (Wildman–Crippen LogP) is 7.89. The smallest absolute Gasteiger partial charge is 0.306 e. The van der Waals surface area contributed by atoms with Crippen molar-refractivity contribution in [3.63, 3.8) is 0 Å². The van der Waals surface area contributed by atoms with Crippen LogP contribution in [0.4, 0.5) is 0 Å². The highest BCUT2D eigenvalue weighted by atomic mass is 79.9. The van der Waals surface area contributed by atoms with Crippen molar-refractivity contribution in [3.8, 4) is 0 Å². The molecule has 0 N–H and O–H groups in total. The number of carbonyl (C=O) groups is 2. The molecule has 4 unspecified atom stereocenters. The molecule has 0 aliphatic rings. The van der Waals surface area contributed by atoms with Crippen molar-refractivity contribution in [1.82, 2.24) is 0 Å². The monoisotopic (exact) mass is 682 g/mol. The molecule has 4 atom stereocenters. The van der Waals surface area contributed by atoms with E-state index in [9.17, 15) is 9.59 Å². The molecule has 0 heterocycles. The highest BCUT2D eigenvalue weighted by Gasteiger charge is 2.45. The summed E-state index contributed by atoms with van der Waals surface area (Å²) >= 11 is 7.34. The average Bonchev–Trinajstić information content (AvgIpc) is 2.91. The summed E-state index contributed by atoms with van der Waals surface area (Å²) in [6, 6.07) is 0. The van der Waals surface area contributed by atoms with Gasteiger partial charge < -0.3 is 23.7 Å². The van der Waals surface area contributed by atoms with Gasteiger partial charge in [-0.05, 0) is 80.1 Å². The summed E-state index contributed by atoms with van der Waals surface area (Å²) in [7, 11) is 3.34. The van der Waals surface area contributed by atoms with E-state index in [1.165, 1.54) is 11.1 Å². The maximum Gasteiger partial charge on any atom is 0.306 e. The SMILES string of the molecule is CCOC(=O)CCC(C)=CCCC(CBr)C(C)(OC)OC(C)(OC)C(CBr)CCC=C(C)CCC(=O)OCC. The van der Waals surface area contributed by atoms with E-state index >= 15 is 0 Å². The van der Waals surface area contributed by atoms with Gasteiger partial charge in [0.15, 0.2) is 11.6 Å². The summed E-state index contributed by atoms with van der Waals surface area (Å²) in [5.74, 6) is -1.96. The minimum Gasteiger partial charge on any atom is -0.466 e. The van der Waals surface area contributed by atoms with E-state index in [-0.39, 0.29) is 23.8 Å². The molecule has 228 valence electrons. The van der Waals surface area contributed by atoms with Gasteiger partial charge in [0, 0.05) is 49.6 Å². The number of ether oxygens (including phenoxy) is 5. The van der Waals surface area contributed by atoms with Gasteiger partial charge in [-0.15, -0.1) is 0 Å². The van der Waals surface area contributed by atoms with Crippen molar-refractivity contribution in [2.24, 2.45) is 11.8 Å². The summed E-state index contributed by atoms with van der Waals surface area (Å²) in [6.07, 6.45) is 9.91. The fourth-order valence-electron chi connectivity index (χ4n) is 4.28. The number of hydrogen-bond acceptors (Lipinski definition) is 7. The van der Waals surface area contributed by atoms with E-state index in [1.54, 1.807) is 14.2 Å². The van der Waals surface area contributed by atoms with Gasteiger partial charge >= 0.3 is 11.9 Å². The average molecular weight is 685 g/mol. The van der Waals surface area contributed by atoms with Gasteiger partial charge in [-0.3, -0.25) is 9.59 Å². The Kier molecular flexibility index (Phi) is 20.6. The molecular weight excluding hydrogens is 632 g/mol. The van der Waals surface area contributed by atoms with Crippen molar-refractivity contribution in [3.05, 3.63) is 23.3 Å². The zero-order valence-electron chi connectivity index (χ0n) is 25.4. The molecule has 9 heteroatoms. The highest BCUT2D eigenvalue weighted by molar-refractivity contribution is 9.09. The summed E-state index contributed by atoms with van der Waals surface area (Å²) in [5, 5.41) is 1.41. The molecule has 0 fully saturated rings. The number of methoxy groups -OCH3 is 2. The number of alkyl halides is 2. The van der Waals surface area contributed by atoms with E-state index in [2.05, 4.69) is 44.0 Å². The van der Waals surface area contributed by atoms with Crippen LogP contribution in [0.1, 0.15) is 92.9 Å². The number of rotatable bonds is 22. The maximum absolute atomic E-state index is 11.6. The van der Waals surface area contributed by atoms with Crippen molar-refractivity contribution in [2.45, 2.75) is 104 Å². The van der Waals surface area contributed by atoms with Crippen LogP contribution in [-0.4, -0.2) is 61.6 Å².